The lowest BCUT2D eigenvalue weighted by atomic mass is 10.2. The minimum Gasteiger partial charge on any atom is -0.481 e. The highest BCUT2D eigenvalue weighted by Gasteiger charge is 2.04. The van der Waals surface area contributed by atoms with Gasteiger partial charge < -0.3 is 5.11 Å². The number of aromatic nitrogens is 1. The van der Waals surface area contributed by atoms with Gasteiger partial charge in [0.2, 0.25) is 0 Å². The molecule has 1 N–H and O–H groups in total. The highest BCUT2D eigenvalue weighted by atomic mass is 32.2. The Kier molecular flexibility index (Phi) is 3.76. The van der Waals surface area contributed by atoms with E-state index in [1.165, 1.54) is 0 Å². The van der Waals surface area contributed by atoms with Crippen molar-refractivity contribution in [2.45, 2.75) is 17.9 Å². The molecule has 0 aliphatic carbocycles. The lowest BCUT2D eigenvalue weighted by molar-refractivity contribution is -0.136. The Labute approximate surface area is 81.2 Å². The van der Waals surface area contributed by atoms with Crippen LogP contribution < -0.4 is 0 Å². The Morgan fingerprint density at radius 1 is 1.69 bits per heavy atom. The predicted molar refractivity (Wildman–Crippen MR) is 52.0 cm³/mol. The Morgan fingerprint density at radius 2 is 2.46 bits per heavy atom. The molecule has 0 spiro atoms. The van der Waals surface area contributed by atoms with Crippen LogP contribution in [0, 0.1) is 0 Å². The molecule has 13 heavy (non-hydrogen) atoms. The van der Waals surface area contributed by atoms with E-state index < -0.39 is 5.97 Å². The third-order valence-corrected chi connectivity index (χ3v) is 2.41. The number of hydrogen-bond donors (Lipinski definition) is 1. The van der Waals surface area contributed by atoms with Crippen LogP contribution in [0.5, 0.6) is 0 Å². The molecule has 0 unspecified atom stereocenters. The van der Waals surface area contributed by atoms with Crippen molar-refractivity contribution in [3.05, 3.63) is 23.9 Å². The molecule has 0 atom stereocenters. The number of thioether (sulfide) groups is 1. The molecule has 1 aromatic heterocycles. The van der Waals surface area contributed by atoms with Crippen molar-refractivity contribution in [3.8, 4) is 0 Å². The zero-order chi connectivity index (χ0) is 9.68. The van der Waals surface area contributed by atoms with Gasteiger partial charge >= 0.3 is 5.97 Å². The molecule has 70 valence electrons. The van der Waals surface area contributed by atoms with Crippen molar-refractivity contribution in [1.29, 1.82) is 0 Å². The van der Waals surface area contributed by atoms with E-state index in [1.54, 1.807) is 18.0 Å². The van der Waals surface area contributed by atoms with E-state index in [2.05, 4.69) is 4.98 Å². The summed E-state index contributed by atoms with van der Waals surface area (Å²) in [6.45, 7) is 0. The fourth-order valence-electron chi connectivity index (χ4n) is 1.04. The first-order chi connectivity index (χ1) is 6.24. The first-order valence-electron chi connectivity index (χ1n) is 3.93. The molecule has 3 nitrogen and oxygen atoms in total. The summed E-state index contributed by atoms with van der Waals surface area (Å²) in [5.74, 6) is -0.768. The number of carbonyl (C=O) groups is 1. The number of hydrogen-bond acceptors (Lipinski definition) is 3. The van der Waals surface area contributed by atoms with E-state index in [9.17, 15) is 4.79 Å². The molecule has 0 fully saturated rings. The average molecular weight is 197 g/mol. The van der Waals surface area contributed by atoms with Gasteiger partial charge in [-0.1, -0.05) is 6.07 Å². The first kappa shape index (κ1) is 10.1. The van der Waals surface area contributed by atoms with Crippen LogP contribution in [0.3, 0.4) is 0 Å². The minimum atomic E-state index is -0.768. The van der Waals surface area contributed by atoms with E-state index in [4.69, 9.17) is 5.11 Å². The summed E-state index contributed by atoms with van der Waals surface area (Å²) < 4.78 is 0. The SMILES string of the molecule is CSc1ncccc1CCC(=O)O. The smallest absolute Gasteiger partial charge is 0.303 e. The fourth-order valence-corrected chi connectivity index (χ4v) is 1.64. The van der Waals surface area contributed by atoms with Gasteiger partial charge in [-0.3, -0.25) is 4.79 Å². The monoisotopic (exact) mass is 197 g/mol. The molecule has 4 heteroatoms. The molecule has 1 heterocycles. The summed E-state index contributed by atoms with van der Waals surface area (Å²) >= 11 is 1.54. The van der Waals surface area contributed by atoms with Crippen molar-refractivity contribution in [2.24, 2.45) is 0 Å². The van der Waals surface area contributed by atoms with Crippen LogP contribution >= 0.6 is 11.8 Å². The van der Waals surface area contributed by atoms with Crippen molar-refractivity contribution < 1.29 is 9.90 Å². The number of aryl methyl sites for hydroxylation is 1. The molecule has 0 amide bonds. The van der Waals surface area contributed by atoms with Crippen molar-refractivity contribution in [2.75, 3.05) is 6.26 Å². The first-order valence-corrected chi connectivity index (χ1v) is 5.16. The van der Waals surface area contributed by atoms with Gasteiger partial charge in [0.05, 0.1) is 5.03 Å². The number of rotatable bonds is 4. The topological polar surface area (TPSA) is 50.2 Å². The van der Waals surface area contributed by atoms with Gasteiger partial charge in [-0.15, -0.1) is 11.8 Å². The highest BCUT2D eigenvalue weighted by molar-refractivity contribution is 7.98. The van der Waals surface area contributed by atoms with E-state index in [0.717, 1.165) is 10.6 Å². The van der Waals surface area contributed by atoms with Crippen molar-refractivity contribution in [3.63, 3.8) is 0 Å². The van der Waals surface area contributed by atoms with Gasteiger partial charge in [0.15, 0.2) is 0 Å². The van der Waals surface area contributed by atoms with Gasteiger partial charge in [-0.25, -0.2) is 4.98 Å². The Balaban J connectivity index is 2.69. The number of carboxylic acids is 1. The summed E-state index contributed by atoms with van der Waals surface area (Å²) in [4.78, 5) is 14.5. The third-order valence-electron chi connectivity index (χ3n) is 1.65. The van der Waals surface area contributed by atoms with Crippen LogP contribution in [0.2, 0.25) is 0 Å². The molecule has 0 aromatic carbocycles. The second kappa shape index (κ2) is 4.87. The number of aliphatic carboxylic acids is 1. The molecule has 0 saturated heterocycles. The van der Waals surface area contributed by atoms with Crippen LogP contribution in [0.25, 0.3) is 0 Å². The van der Waals surface area contributed by atoms with Gasteiger partial charge in [0.25, 0.3) is 0 Å². The summed E-state index contributed by atoms with van der Waals surface area (Å²) in [5, 5.41) is 9.43. The van der Waals surface area contributed by atoms with Crippen molar-refractivity contribution in [1.82, 2.24) is 4.98 Å². The maximum absolute atomic E-state index is 10.3. The zero-order valence-electron chi connectivity index (χ0n) is 7.36. The molecule has 0 bridgehead atoms. The van der Waals surface area contributed by atoms with Gasteiger partial charge in [0, 0.05) is 12.6 Å². The maximum Gasteiger partial charge on any atom is 0.303 e. The summed E-state index contributed by atoms with van der Waals surface area (Å²) in [5.41, 5.74) is 1.01. The third kappa shape index (κ3) is 3.06. The van der Waals surface area contributed by atoms with Gasteiger partial charge in [0.1, 0.15) is 0 Å². The second-order valence-corrected chi connectivity index (χ2v) is 3.36. The second-order valence-electron chi connectivity index (χ2n) is 2.57. The Bertz CT molecular complexity index is 301. The standard InChI is InChI=1S/C9H11NO2S/c1-13-9-7(3-2-6-10-9)4-5-8(11)12/h2-3,6H,4-5H2,1H3,(H,11,12). The summed E-state index contributed by atoms with van der Waals surface area (Å²) in [6, 6.07) is 3.75. The van der Waals surface area contributed by atoms with Crippen molar-refractivity contribution >= 4 is 17.7 Å². The van der Waals surface area contributed by atoms with Gasteiger partial charge in [-0.2, -0.15) is 0 Å². The van der Waals surface area contributed by atoms with Crippen LogP contribution in [0.4, 0.5) is 0 Å². The fraction of sp³-hybridized carbons (Fsp3) is 0.333. The minimum absolute atomic E-state index is 0.166. The molecular formula is C9H11NO2S. The lowest BCUT2D eigenvalue weighted by Gasteiger charge is -2.03. The maximum atomic E-state index is 10.3. The summed E-state index contributed by atoms with van der Waals surface area (Å²) in [6.07, 6.45) is 4.38. The molecule has 0 aliphatic rings. The van der Waals surface area contributed by atoms with E-state index in [-0.39, 0.29) is 6.42 Å². The highest BCUT2D eigenvalue weighted by Crippen LogP contribution is 2.17. The Hall–Kier alpha value is -1.03. The molecule has 1 aromatic rings. The largest absolute Gasteiger partial charge is 0.481 e. The van der Waals surface area contributed by atoms with E-state index >= 15 is 0 Å². The molecule has 0 aliphatic heterocycles. The average Bonchev–Trinajstić information content (AvgIpc) is 2.15. The van der Waals surface area contributed by atoms with Crippen LogP contribution in [-0.4, -0.2) is 22.3 Å². The normalized spacial score (nSPS) is 9.92. The van der Waals surface area contributed by atoms with E-state index in [1.807, 2.05) is 18.4 Å². The molecular weight excluding hydrogens is 186 g/mol. The summed E-state index contributed by atoms with van der Waals surface area (Å²) in [7, 11) is 0. The quantitative estimate of drug-likeness (QED) is 0.748. The van der Waals surface area contributed by atoms with Crippen LogP contribution in [0.15, 0.2) is 23.4 Å². The predicted octanol–water partition coefficient (Wildman–Crippen LogP) is 1.82. The van der Waals surface area contributed by atoms with Crippen LogP contribution in [0.1, 0.15) is 12.0 Å². The Morgan fingerprint density at radius 3 is 3.08 bits per heavy atom. The van der Waals surface area contributed by atoms with Crippen LogP contribution in [-0.2, 0) is 11.2 Å². The lowest BCUT2D eigenvalue weighted by Crippen LogP contribution is -1.99. The molecule has 0 saturated carbocycles. The molecule has 0 radical (unpaired) electrons. The number of nitrogens with zero attached hydrogens (tertiary/aromatic N) is 1. The van der Waals surface area contributed by atoms with E-state index in [0.29, 0.717) is 6.42 Å². The number of carboxylic acid groups (broad SMARTS) is 1. The number of pyridine rings is 1. The zero-order valence-corrected chi connectivity index (χ0v) is 8.17. The molecule has 1 rings (SSSR count). The van der Waals surface area contributed by atoms with Gasteiger partial charge in [-0.05, 0) is 24.3 Å².